The third-order valence-electron chi connectivity index (χ3n) is 4.47. The Labute approximate surface area is 154 Å². The molecule has 27 heavy (non-hydrogen) atoms. The lowest BCUT2D eigenvalue weighted by atomic mass is 9.99. The van der Waals surface area contributed by atoms with Crippen LogP contribution in [0.25, 0.3) is 0 Å². The molecule has 0 spiro atoms. The molecular formula is C18H20F3N5O. The van der Waals surface area contributed by atoms with Crippen LogP contribution in [0.3, 0.4) is 0 Å². The van der Waals surface area contributed by atoms with E-state index < -0.39 is 17.8 Å². The number of piperidine rings is 1. The molecule has 2 amide bonds. The third kappa shape index (κ3) is 5.08. The Morgan fingerprint density at radius 2 is 1.78 bits per heavy atom. The number of rotatable bonds is 3. The Kier molecular flexibility index (Phi) is 5.48. The number of carbonyl (C=O) groups is 1. The quantitative estimate of drug-likeness (QED) is 0.831. The Morgan fingerprint density at radius 3 is 2.41 bits per heavy atom. The van der Waals surface area contributed by atoms with E-state index in [4.69, 9.17) is 0 Å². The van der Waals surface area contributed by atoms with Crippen molar-refractivity contribution in [1.82, 2.24) is 9.97 Å². The van der Waals surface area contributed by atoms with Crippen molar-refractivity contribution in [2.24, 2.45) is 5.92 Å². The summed E-state index contributed by atoms with van der Waals surface area (Å²) < 4.78 is 37.7. The van der Waals surface area contributed by atoms with Crippen LogP contribution >= 0.6 is 0 Å². The zero-order valence-corrected chi connectivity index (χ0v) is 14.8. The Hall–Kier alpha value is -2.84. The van der Waals surface area contributed by atoms with Gasteiger partial charge in [0, 0.05) is 24.8 Å². The maximum atomic E-state index is 12.6. The second kappa shape index (κ2) is 7.81. The van der Waals surface area contributed by atoms with Crippen LogP contribution < -0.4 is 15.5 Å². The van der Waals surface area contributed by atoms with Crippen molar-refractivity contribution in [1.29, 1.82) is 0 Å². The fourth-order valence-electron chi connectivity index (χ4n) is 2.85. The third-order valence-corrected chi connectivity index (χ3v) is 4.47. The van der Waals surface area contributed by atoms with Crippen molar-refractivity contribution < 1.29 is 18.0 Å². The number of nitrogens with one attached hydrogen (secondary N) is 2. The normalized spacial score (nSPS) is 15.5. The summed E-state index contributed by atoms with van der Waals surface area (Å²) in [6, 6.07) is 5.31. The minimum Gasteiger partial charge on any atom is -0.356 e. The largest absolute Gasteiger partial charge is 0.416 e. The maximum absolute atomic E-state index is 12.6. The molecule has 1 fully saturated rings. The van der Waals surface area contributed by atoms with Crippen molar-refractivity contribution in [3.05, 3.63) is 42.2 Å². The van der Waals surface area contributed by atoms with Gasteiger partial charge < -0.3 is 10.2 Å². The first-order chi connectivity index (χ1) is 12.8. The Bertz CT molecular complexity index is 786. The molecule has 0 radical (unpaired) electrons. The molecule has 2 aromatic rings. The lowest BCUT2D eigenvalue weighted by Gasteiger charge is -2.31. The first-order valence-corrected chi connectivity index (χ1v) is 8.63. The number of carbonyl (C=O) groups excluding carboxylic acids is 1. The minimum atomic E-state index is -4.41. The minimum absolute atomic E-state index is 0.250. The predicted octanol–water partition coefficient (Wildman–Crippen LogP) is 4.38. The van der Waals surface area contributed by atoms with Crippen molar-refractivity contribution in [3.63, 3.8) is 0 Å². The molecule has 1 aliphatic rings. The molecule has 3 rings (SSSR count). The number of halogens is 3. The van der Waals surface area contributed by atoms with Crippen LogP contribution in [0, 0.1) is 5.92 Å². The van der Waals surface area contributed by atoms with Gasteiger partial charge in [0.05, 0.1) is 5.56 Å². The second-order valence-electron chi connectivity index (χ2n) is 6.59. The molecule has 2 heterocycles. The Morgan fingerprint density at radius 1 is 1.11 bits per heavy atom. The van der Waals surface area contributed by atoms with Gasteiger partial charge in [-0.2, -0.15) is 13.2 Å². The van der Waals surface area contributed by atoms with Crippen molar-refractivity contribution in [2.45, 2.75) is 25.9 Å². The number of aromatic nitrogens is 2. The first-order valence-electron chi connectivity index (χ1n) is 8.63. The van der Waals surface area contributed by atoms with E-state index in [2.05, 4.69) is 32.4 Å². The first kappa shape index (κ1) is 18.9. The van der Waals surface area contributed by atoms with Crippen LogP contribution in [-0.2, 0) is 6.18 Å². The number of hydrogen-bond donors (Lipinski definition) is 2. The lowest BCUT2D eigenvalue weighted by molar-refractivity contribution is -0.137. The van der Waals surface area contributed by atoms with E-state index >= 15 is 0 Å². The van der Waals surface area contributed by atoms with Crippen LogP contribution in [0.2, 0.25) is 0 Å². The standard InChI is InChI=1S/C18H20F3N5O/c1-12-6-8-26(9-7-12)16-10-15(22-11-23-16)25-17(27)24-14-4-2-13(3-5-14)18(19,20)21/h2-5,10-12H,6-9H2,1H3,(H2,22,23,24,25,27). The number of hydrogen-bond acceptors (Lipinski definition) is 4. The number of benzene rings is 1. The molecule has 144 valence electrons. The lowest BCUT2D eigenvalue weighted by Crippen LogP contribution is -2.33. The van der Waals surface area contributed by atoms with E-state index in [0.29, 0.717) is 11.7 Å². The molecule has 6 nitrogen and oxygen atoms in total. The van der Waals surface area contributed by atoms with Gasteiger partial charge in [-0.05, 0) is 43.0 Å². The van der Waals surface area contributed by atoms with E-state index in [1.165, 1.54) is 18.5 Å². The highest BCUT2D eigenvalue weighted by molar-refractivity contribution is 5.99. The van der Waals surface area contributed by atoms with Gasteiger partial charge >= 0.3 is 12.2 Å². The van der Waals surface area contributed by atoms with E-state index in [-0.39, 0.29) is 5.69 Å². The fourth-order valence-corrected chi connectivity index (χ4v) is 2.85. The summed E-state index contributed by atoms with van der Waals surface area (Å²) in [6.07, 6.45) is -0.867. The van der Waals surface area contributed by atoms with Crippen LogP contribution in [0.1, 0.15) is 25.3 Å². The molecule has 1 aromatic heterocycles. The SMILES string of the molecule is CC1CCN(c2cc(NC(=O)Nc3ccc(C(F)(F)F)cc3)ncn2)CC1. The second-order valence-corrected chi connectivity index (χ2v) is 6.59. The molecule has 9 heteroatoms. The molecule has 0 bridgehead atoms. The van der Waals surface area contributed by atoms with Gasteiger partial charge in [0.15, 0.2) is 0 Å². The molecule has 1 aliphatic heterocycles. The predicted molar refractivity (Wildman–Crippen MR) is 96.7 cm³/mol. The highest BCUT2D eigenvalue weighted by Crippen LogP contribution is 2.29. The topological polar surface area (TPSA) is 70.2 Å². The van der Waals surface area contributed by atoms with E-state index in [0.717, 1.165) is 43.9 Å². The zero-order chi connectivity index (χ0) is 19.4. The van der Waals surface area contributed by atoms with Crippen LogP contribution in [-0.4, -0.2) is 29.1 Å². The zero-order valence-electron chi connectivity index (χ0n) is 14.8. The van der Waals surface area contributed by atoms with Crippen molar-refractivity contribution >= 4 is 23.4 Å². The molecule has 0 aliphatic carbocycles. The monoisotopic (exact) mass is 379 g/mol. The summed E-state index contributed by atoms with van der Waals surface area (Å²) in [5.74, 6) is 1.75. The van der Waals surface area contributed by atoms with Crippen LogP contribution in [0.5, 0.6) is 0 Å². The van der Waals surface area contributed by atoms with E-state index in [1.807, 2.05) is 0 Å². The summed E-state index contributed by atoms with van der Waals surface area (Å²) >= 11 is 0. The average molecular weight is 379 g/mol. The maximum Gasteiger partial charge on any atom is 0.416 e. The number of anilines is 3. The summed E-state index contributed by atoms with van der Waals surface area (Å²) in [7, 11) is 0. The van der Waals surface area contributed by atoms with E-state index in [9.17, 15) is 18.0 Å². The molecule has 0 unspecified atom stereocenters. The molecule has 0 saturated carbocycles. The Balaban J connectivity index is 1.60. The van der Waals surface area contributed by atoms with Gasteiger partial charge in [-0.25, -0.2) is 14.8 Å². The van der Waals surface area contributed by atoms with Gasteiger partial charge in [0.1, 0.15) is 18.0 Å². The number of nitrogens with zero attached hydrogens (tertiary/aromatic N) is 3. The van der Waals surface area contributed by atoms with Crippen molar-refractivity contribution in [3.8, 4) is 0 Å². The summed E-state index contributed by atoms with van der Waals surface area (Å²) in [5, 5.41) is 5.06. The molecule has 2 N–H and O–H groups in total. The molecule has 0 atom stereocenters. The highest BCUT2D eigenvalue weighted by Gasteiger charge is 2.30. The highest BCUT2D eigenvalue weighted by atomic mass is 19.4. The van der Waals surface area contributed by atoms with Gasteiger partial charge in [0.2, 0.25) is 0 Å². The summed E-state index contributed by atoms with van der Waals surface area (Å²) in [4.78, 5) is 22.5. The molecule has 1 saturated heterocycles. The number of alkyl halides is 3. The number of amides is 2. The van der Waals surface area contributed by atoms with Gasteiger partial charge in [0.25, 0.3) is 0 Å². The van der Waals surface area contributed by atoms with E-state index in [1.54, 1.807) is 6.07 Å². The summed E-state index contributed by atoms with van der Waals surface area (Å²) in [6.45, 7) is 4.01. The van der Waals surface area contributed by atoms with Gasteiger partial charge in [-0.15, -0.1) is 0 Å². The smallest absolute Gasteiger partial charge is 0.356 e. The van der Waals surface area contributed by atoms with Gasteiger partial charge in [-0.1, -0.05) is 6.92 Å². The van der Waals surface area contributed by atoms with Crippen LogP contribution in [0.4, 0.5) is 35.3 Å². The van der Waals surface area contributed by atoms with Crippen LogP contribution in [0.15, 0.2) is 36.7 Å². The van der Waals surface area contributed by atoms with Crippen molar-refractivity contribution in [2.75, 3.05) is 28.6 Å². The average Bonchev–Trinajstić information content (AvgIpc) is 2.62. The molecular weight excluding hydrogens is 359 g/mol. The van der Waals surface area contributed by atoms with Gasteiger partial charge in [-0.3, -0.25) is 5.32 Å². The number of urea groups is 1. The summed E-state index contributed by atoms with van der Waals surface area (Å²) in [5.41, 5.74) is -0.524. The fraction of sp³-hybridized carbons (Fsp3) is 0.389. The molecule has 1 aromatic carbocycles.